The first-order chi connectivity index (χ1) is 17.6. The maximum atomic E-state index is 12.1. The van der Waals surface area contributed by atoms with Crippen LogP contribution in [-0.4, -0.2) is 36.9 Å². The molecule has 1 atom stereocenters. The van der Waals surface area contributed by atoms with Crippen molar-refractivity contribution in [3.63, 3.8) is 0 Å². The number of methoxy groups -OCH3 is 2. The first-order valence-electron chi connectivity index (χ1n) is 12.1. The Bertz CT molecular complexity index is 1350. The van der Waals surface area contributed by atoms with Gasteiger partial charge in [0.25, 0.3) is 0 Å². The first kappa shape index (κ1) is 23.5. The van der Waals surface area contributed by atoms with Crippen molar-refractivity contribution in [2.45, 2.75) is 18.9 Å². The van der Waals surface area contributed by atoms with Gasteiger partial charge in [-0.25, -0.2) is 4.79 Å². The van der Waals surface area contributed by atoms with Crippen LogP contribution in [0.2, 0.25) is 0 Å². The molecule has 0 radical (unpaired) electrons. The summed E-state index contributed by atoms with van der Waals surface area (Å²) >= 11 is 0. The molecule has 0 spiro atoms. The fourth-order valence-electron chi connectivity index (χ4n) is 5.02. The molecular weight excluding hydrogens is 450 g/mol. The molecule has 0 saturated heterocycles. The molecule has 1 amide bonds. The minimum absolute atomic E-state index is 0.290. The van der Waals surface area contributed by atoms with Crippen LogP contribution >= 0.6 is 0 Å². The predicted octanol–water partition coefficient (Wildman–Crippen LogP) is 6.86. The first-order valence-corrected chi connectivity index (χ1v) is 12.1. The Morgan fingerprint density at radius 1 is 0.806 bits per heavy atom. The normalized spacial score (nSPS) is 14.7. The Kier molecular flexibility index (Phi) is 6.63. The van der Waals surface area contributed by atoms with Gasteiger partial charge in [-0.1, -0.05) is 78.9 Å². The van der Waals surface area contributed by atoms with Gasteiger partial charge < -0.3 is 19.5 Å². The van der Waals surface area contributed by atoms with Gasteiger partial charge in [0, 0.05) is 6.54 Å². The van der Waals surface area contributed by atoms with Crippen molar-refractivity contribution in [2.24, 2.45) is 0 Å². The summed E-state index contributed by atoms with van der Waals surface area (Å²) in [4.78, 5) is 13.6. The van der Waals surface area contributed by atoms with Gasteiger partial charge in [0.05, 0.1) is 20.3 Å². The molecule has 36 heavy (non-hydrogen) atoms. The van der Waals surface area contributed by atoms with Gasteiger partial charge in [-0.15, -0.1) is 0 Å². The zero-order chi connectivity index (χ0) is 25.1. The Labute approximate surface area is 211 Å². The van der Waals surface area contributed by atoms with E-state index in [0.29, 0.717) is 30.9 Å². The van der Waals surface area contributed by atoms with E-state index in [1.807, 2.05) is 30.3 Å². The van der Waals surface area contributed by atoms with E-state index < -0.39 is 6.09 Å². The largest absolute Gasteiger partial charge is 0.493 e. The van der Waals surface area contributed by atoms with Crippen molar-refractivity contribution in [1.29, 1.82) is 0 Å². The van der Waals surface area contributed by atoms with E-state index in [1.54, 1.807) is 14.2 Å². The smallest absolute Gasteiger partial charge is 0.407 e. The highest BCUT2D eigenvalue weighted by Crippen LogP contribution is 2.39. The van der Waals surface area contributed by atoms with Gasteiger partial charge in [-0.05, 0) is 63.9 Å². The summed E-state index contributed by atoms with van der Waals surface area (Å²) in [5.41, 5.74) is 7.82. The van der Waals surface area contributed by atoms with Gasteiger partial charge in [-0.2, -0.15) is 0 Å². The van der Waals surface area contributed by atoms with Crippen molar-refractivity contribution < 1.29 is 19.4 Å². The molecule has 1 aliphatic rings. The van der Waals surface area contributed by atoms with Gasteiger partial charge in [0.2, 0.25) is 0 Å². The lowest BCUT2D eigenvalue weighted by Gasteiger charge is -2.36. The number of rotatable bonds is 6. The fourth-order valence-corrected chi connectivity index (χ4v) is 5.02. The van der Waals surface area contributed by atoms with E-state index in [1.165, 1.54) is 16.0 Å². The van der Waals surface area contributed by atoms with E-state index >= 15 is 0 Å². The molecule has 182 valence electrons. The van der Waals surface area contributed by atoms with Crippen LogP contribution in [0, 0.1) is 0 Å². The van der Waals surface area contributed by atoms with Gasteiger partial charge in [-0.3, -0.25) is 0 Å². The summed E-state index contributed by atoms with van der Waals surface area (Å²) in [5, 5.41) is 9.91. The minimum atomic E-state index is -0.907. The van der Waals surface area contributed by atoms with E-state index in [2.05, 4.69) is 60.7 Å². The topological polar surface area (TPSA) is 59.0 Å². The third-order valence-corrected chi connectivity index (χ3v) is 6.96. The molecule has 0 saturated carbocycles. The molecule has 1 N–H and O–H groups in total. The second-order valence-electron chi connectivity index (χ2n) is 8.99. The highest BCUT2D eigenvalue weighted by atomic mass is 16.5. The molecular formula is C31H29NO4. The Balaban J connectivity index is 1.40. The number of hydrogen-bond acceptors (Lipinski definition) is 3. The summed E-state index contributed by atoms with van der Waals surface area (Å²) in [6.45, 7) is 0.453. The number of hydrogen-bond donors (Lipinski definition) is 1. The number of benzene rings is 4. The average molecular weight is 480 g/mol. The molecule has 1 unspecified atom stereocenters. The standard InChI is InChI=1S/C31H29NO4/c1-35-29-19-26-16-17-32(31(33)34)28(27(26)20-30(29)36-2)18-21-8-10-23(11-9-21)25-14-12-24(13-15-25)22-6-4-3-5-7-22/h3-15,19-20,28H,16-18H2,1-2H3,(H,33,34). The van der Waals surface area contributed by atoms with Crippen molar-refractivity contribution >= 4 is 6.09 Å². The number of amides is 1. The molecule has 0 fully saturated rings. The minimum Gasteiger partial charge on any atom is -0.493 e. The Morgan fingerprint density at radius 3 is 1.89 bits per heavy atom. The van der Waals surface area contributed by atoms with Crippen LogP contribution < -0.4 is 9.47 Å². The fraction of sp³-hybridized carbons (Fsp3) is 0.194. The zero-order valence-corrected chi connectivity index (χ0v) is 20.5. The SMILES string of the molecule is COc1cc2c(cc1OC)C(Cc1ccc(-c3ccc(-c4ccccc4)cc3)cc1)N(C(=O)O)CC2. The molecule has 0 bridgehead atoms. The van der Waals surface area contributed by atoms with Crippen molar-refractivity contribution in [3.05, 3.63) is 108 Å². The maximum absolute atomic E-state index is 12.1. The van der Waals surface area contributed by atoms with Gasteiger partial charge in [0.15, 0.2) is 11.5 Å². The van der Waals surface area contributed by atoms with Gasteiger partial charge in [0.1, 0.15) is 0 Å². The molecule has 1 heterocycles. The second-order valence-corrected chi connectivity index (χ2v) is 8.99. The van der Waals surface area contributed by atoms with E-state index in [-0.39, 0.29) is 6.04 Å². The van der Waals surface area contributed by atoms with Gasteiger partial charge >= 0.3 is 6.09 Å². The van der Waals surface area contributed by atoms with Crippen LogP contribution in [0.3, 0.4) is 0 Å². The molecule has 5 heteroatoms. The summed E-state index contributed by atoms with van der Waals surface area (Å²) in [5.74, 6) is 1.28. The van der Waals surface area contributed by atoms with Crippen LogP contribution in [0.15, 0.2) is 91.0 Å². The summed E-state index contributed by atoms with van der Waals surface area (Å²) in [6, 6.07) is 30.9. The monoisotopic (exact) mass is 479 g/mol. The molecule has 0 aromatic heterocycles. The van der Waals surface area contributed by atoms with Crippen molar-refractivity contribution in [3.8, 4) is 33.8 Å². The van der Waals surface area contributed by atoms with Crippen LogP contribution in [-0.2, 0) is 12.8 Å². The maximum Gasteiger partial charge on any atom is 0.407 e. The summed E-state index contributed by atoms with van der Waals surface area (Å²) < 4.78 is 11.0. The Hall–Kier alpha value is -4.25. The lowest BCUT2D eigenvalue weighted by molar-refractivity contribution is 0.119. The average Bonchev–Trinajstić information content (AvgIpc) is 2.93. The third-order valence-electron chi connectivity index (χ3n) is 6.96. The molecule has 1 aliphatic heterocycles. The number of nitrogens with zero attached hydrogens (tertiary/aromatic N) is 1. The quantitative estimate of drug-likeness (QED) is 0.328. The highest BCUT2D eigenvalue weighted by Gasteiger charge is 2.32. The van der Waals surface area contributed by atoms with Crippen molar-refractivity contribution in [2.75, 3.05) is 20.8 Å². The summed E-state index contributed by atoms with van der Waals surface area (Å²) in [6.07, 6.45) is 0.328. The lowest BCUT2D eigenvalue weighted by Crippen LogP contribution is -2.40. The molecule has 0 aliphatic carbocycles. The molecule has 5 rings (SSSR count). The Morgan fingerprint density at radius 2 is 1.33 bits per heavy atom. The third kappa shape index (κ3) is 4.65. The van der Waals surface area contributed by atoms with E-state index in [9.17, 15) is 9.90 Å². The van der Waals surface area contributed by atoms with Crippen LogP contribution in [0.5, 0.6) is 11.5 Å². The number of fused-ring (bicyclic) bond motifs is 1. The van der Waals surface area contributed by atoms with E-state index in [0.717, 1.165) is 27.8 Å². The molecule has 4 aromatic rings. The number of carboxylic acid groups (broad SMARTS) is 1. The van der Waals surface area contributed by atoms with E-state index in [4.69, 9.17) is 9.47 Å². The highest BCUT2D eigenvalue weighted by molar-refractivity contribution is 5.71. The van der Waals surface area contributed by atoms with Crippen LogP contribution in [0.4, 0.5) is 4.79 Å². The summed E-state index contributed by atoms with van der Waals surface area (Å²) in [7, 11) is 3.22. The molecule has 5 nitrogen and oxygen atoms in total. The second kappa shape index (κ2) is 10.2. The zero-order valence-electron chi connectivity index (χ0n) is 20.5. The number of carbonyl (C=O) groups is 1. The molecule has 4 aromatic carbocycles. The lowest BCUT2D eigenvalue weighted by atomic mass is 9.88. The van der Waals surface area contributed by atoms with Crippen LogP contribution in [0.25, 0.3) is 22.3 Å². The predicted molar refractivity (Wildman–Crippen MR) is 142 cm³/mol. The van der Waals surface area contributed by atoms with Crippen LogP contribution in [0.1, 0.15) is 22.7 Å². The number of ether oxygens (including phenoxy) is 2. The van der Waals surface area contributed by atoms with Crippen molar-refractivity contribution in [1.82, 2.24) is 4.90 Å².